The number of nitrogens with zero attached hydrogens (tertiary/aromatic N) is 4. The van der Waals surface area contributed by atoms with Crippen molar-refractivity contribution in [3.63, 3.8) is 0 Å². The third-order valence-corrected chi connectivity index (χ3v) is 5.93. The molecule has 0 unspecified atom stereocenters. The first-order valence-electron chi connectivity index (χ1n) is 12.1. The van der Waals surface area contributed by atoms with Gasteiger partial charge in [0.2, 0.25) is 0 Å². The van der Waals surface area contributed by atoms with Crippen LogP contribution in [0.2, 0.25) is 0 Å². The highest BCUT2D eigenvalue weighted by atomic mass is 19.2. The van der Waals surface area contributed by atoms with E-state index >= 15 is 0 Å². The molecule has 0 bridgehead atoms. The van der Waals surface area contributed by atoms with Gasteiger partial charge in [0, 0.05) is 24.0 Å². The molecule has 2 aromatic carbocycles. The van der Waals surface area contributed by atoms with Crippen LogP contribution in [0.5, 0.6) is 5.75 Å². The summed E-state index contributed by atoms with van der Waals surface area (Å²) in [6, 6.07) is 15.5. The van der Waals surface area contributed by atoms with Gasteiger partial charge >= 0.3 is 0 Å². The van der Waals surface area contributed by atoms with Gasteiger partial charge in [-0.2, -0.15) is 0 Å². The average Bonchev–Trinajstić information content (AvgIpc) is 3.53. The zero-order valence-electron chi connectivity index (χ0n) is 20.0. The number of fused-ring (bicyclic) bond motifs is 1. The Kier molecular flexibility index (Phi) is 7.02. The van der Waals surface area contributed by atoms with Crippen molar-refractivity contribution >= 4 is 0 Å². The standard InChI is InChI=1S/C28H26F2N4O2/c1-2-3-4-5-15-35-20-11-9-19(10-12-20)25-16-21(36-33-25)17-34-14-13-24-26(18-34)32-28(31-24)22-7-6-8-23(29)27(22)30/h6-14,16,18H,2-5,15,17H2,1H3. The quantitative estimate of drug-likeness (QED) is 0.198. The Hall–Kier alpha value is -4.07. The highest BCUT2D eigenvalue weighted by Crippen LogP contribution is 2.28. The molecule has 0 spiro atoms. The van der Waals surface area contributed by atoms with Crippen LogP contribution >= 0.6 is 0 Å². The minimum absolute atomic E-state index is 0.0329. The molecule has 0 radical (unpaired) electrons. The molecule has 0 saturated carbocycles. The third-order valence-electron chi connectivity index (χ3n) is 5.93. The SMILES string of the molecule is CCCCCCOc1ccc(-c2cc(Cn3ccc4nc(-c5cccc(F)c5F)nc-4c3)on2)cc1. The van der Waals surface area contributed by atoms with E-state index < -0.39 is 11.6 Å². The molecule has 3 aromatic rings. The molecule has 1 aromatic heterocycles. The summed E-state index contributed by atoms with van der Waals surface area (Å²) in [4.78, 5) is 8.73. The van der Waals surface area contributed by atoms with Gasteiger partial charge in [-0.25, -0.2) is 18.7 Å². The number of pyridine rings is 1. The maximum absolute atomic E-state index is 14.2. The summed E-state index contributed by atoms with van der Waals surface area (Å²) in [6.45, 7) is 3.35. The van der Waals surface area contributed by atoms with Crippen LogP contribution < -0.4 is 4.74 Å². The normalized spacial score (nSPS) is 11.3. The van der Waals surface area contributed by atoms with E-state index in [9.17, 15) is 8.78 Å². The van der Waals surface area contributed by atoms with Crippen LogP contribution in [0.3, 0.4) is 0 Å². The van der Waals surface area contributed by atoms with Gasteiger partial charge in [0.25, 0.3) is 0 Å². The van der Waals surface area contributed by atoms with Crippen molar-refractivity contribution in [2.45, 2.75) is 39.2 Å². The van der Waals surface area contributed by atoms with Gasteiger partial charge in [-0.3, -0.25) is 0 Å². The van der Waals surface area contributed by atoms with E-state index in [-0.39, 0.29) is 11.4 Å². The van der Waals surface area contributed by atoms with Crippen molar-refractivity contribution in [3.05, 3.63) is 84.4 Å². The minimum atomic E-state index is -0.957. The molecule has 3 heterocycles. The van der Waals surface area contributed by atoms with Gasteiger partial charge < -0.3 is 13.8 Å². The number of unbranched alkanes of at least 4 members (excludes halogenated alkanes) is 3. The van der Waals surface area contributed by atoms with E-state index in [4.69, 9.17) is 9.26 Å². The molecular weight excluding hydrogens is 462 g/mol. The Bertz CT molecular complexity index is 1410. The predicted octanol–water partition coefficient (Wildman–Crippen LogP) is 6.99. The highest BCUT2D eigenvalue weighted by molar-refractivity contribution is 5.66. The number of halogens is 2. The summed E-state index contributed by atoms with van der Waals surface area (Å²) in [6.07, 6.45) is 8.31. The Morgan fingerprint density at radius 3 is 2.58 bits per heavy atom. The van der Waals surface area contributed by atoms with Gasteiger partial charge in [0.05, 0.1) is 24.4 Å². The number of aromatic nitrogens is 4. The number of hydrogen-bond donors (Lipinski definition) is 0. The van der Waals surface area contributed by atoms with Gasteiger partial charge in [0.15, 0.2) is 23.2 Å². The smallest absolute Gasteiger partial charge is 0.169 e. The first-order valence-corrected chi connectivity index (χ1v) is 12.1. The summed E-state index contributed by atoms with van der Waals surface area (Å²) in [5, 5.41) is 4.20. The fraction of sp³-hybridized carbons (Fsp3) is 0.250. The zero-order valence-corrected chi connectivity index (χ0v) is 20.0. The molecular formula is C28H26F2N4O2. The van der Waals surface area contributed by atoms with Crippen LogP contribution in [-0.4, -0.2) is 26.3 Å². The summed E-state index contributed by atoms with van der Waals surface area (Å²) >= 11 is 0. The van der Waals surface area contributed by atoms with Gasteiger partial charge in [-0.1, -0.05) is 37.4 Å². The largest absolute Gasteiger partial charge is 0.494 e. The molecule has 5 rings (SSSR count). The maximum Gasteiger partial charge on any atom is 0.169 e. The molecule has 184 valence electrons. The molecule has 0 aliphatic carbocycles. The lowest BCUT2D eigenvalue weighted by Gasteiger charge is -2.06. The predicted molar refractivity (Wildman–Crippen MR) is 133 cm³/mol. The van der Waals surface area contributed by atoms with E-state index in [1.54, 1.807) is 12.3 Å². The fourth-order valence-corrected chi connectivity index (χ4v) is 3.99. The summed E-state index contributed by atoms with van der Waals surface area (Å²) in [5.74, 6) is -0.226. The lowest BCUT2D eigenvalue weighted by Crippen LogP contribution is -1.99. The molecule has 0 amide bonds. The molecule has 0 atom stereocenters. The molecule has 8 heteroatoms. The first-order chi connectivity index (χ1) is 17.6. The fourth-order valence-electron chi connectivity index (χ4n) is 3.99. The van der Waals surface area contributed by atoms with Crippen molar-refractivity contribution in [2.24, 2.45) is 0 Å². The monoisotopic (exact) mass is 488 g/mol. The number of imidazole rings is 1. The second kappa shape index (κ2) is 10.7. The van der Waals surface area contributed by atoms with Crippen molar-refractivity contribution in [2.75, 3.05) is 6.61 Å². The van der Waals surface area contributed by atoms with E-state index in [1.807, 2.05) is 41.1 Å². The minimum Gasteiger partial charge on any atom is -0.494 e. The highest BCUT2D eigenvalue weighted by Gasteiger charge is 2.18. The van der Waals surface area contributed by atoms with Crippen molar-refractivity contribution in [1.82, 2.24) is 19.7 Å². The molecule has 0 saturated heterocycles. The van der Waals surface area contributed by atoms with Crippen molar-refractivity contribution in [3.8, 4) is 39.8 Å². The Balaban J connectivity index is 1.25. The number of benzene rings is 2. The maximum atomic E-state index is 14.2. The Labute approximate surface area is 207 Å². The van der Waals surface area contributed by atoms with Crippen molar-refractivity contribution < 1.29 is 18.0 Å². The van der Waals surface area contributed by atoms with E-state index in [0.29, 0.717) is 23.7 Å². The first kappa shape index (κ1) is 23.7. The molecule has 0 fully saturated rings. The molecule has 36 heavy (non-hydrogen) atoms. The second-order valence-corrected chi connectivity index (χ2v) is 8.65. The van der Waals surface area contributed by atoms with Gasteiger partial charge in [0.1, 0.15) is 17.1 Å². The molecule has 2 aliphatic rings. The van der Waals surface area contributed by atoms with Crippen LogP contribution in [0.4, 0.5) is 8.78 Å². The average molecular weight is 489 g/mol. The number of rotatable bonds is 10. The lowest BCUT2D eigenvalue weighted by atomic mass is 10.1. The van der Waals surface area contributed by atoms with E-state index in [1.165, 1.54) is 31.4 Å². The van der Waals surface area contributed by atoms with Crippen LogP contribution in [0.25, 0.3) is 34.0 Å². The van der Waals surface area contributed by atoms with Gasteiger partial charge in [-0.05, 0) is 48.9 Å². The van der Waals surface area contributed by atoms with E-state index in [0.717, 1.165) is 36.1 Å². The Morgan fingerprint density at radius 1 is 0.917 bits per heavy atom. The van der Waals surface area contributed by atoms with Crippen LogP contribution in [0, 0.1) is 11.6 Å². The van der Waals surface area contributed by atoms with Crippen molar-refractivity contribution in [1.29, 1.82) is 0 Å². The molecule has 2 aliphatic heterocycles. The Morgan fingerprint density at radius 2 is 1.75 bits per heavy atom. The van der Waals surface area contributed by atoms with Gasteiger partial charge in [-0.15, -0.1) is 0 Å². The zero-order chi connectivity index (χ0) is 24.9. The summed E-state index contributed by atoms with van der Waals surface area (Å²) < 4.78 is 41.0. The second-order valence-electron chi connectivity index (χ2n) is 8.65. The van der Waals surface area contributed by atoms with Crippen LogP contribution in [-0.2, 0) is 6.54 Å². The summed E-state index contributed by atoms with van der Waals surface area (Å²) in [5.41, 5.74) is 2.87. The summed E-state index contributed by atoms with van der Waals surface area (Å²) in [7, 11) is 0. The topological polar surface area (TPSA) is 66.0 Å². The van der Waals surface area contributed by atoms with Crippen LogP contribution in [0.1, 0.15) is 38.4 Å². The number of hydrogen-bond acceptors (Lipinski definition) is 5. The molecule has 0 N–H and O–H groups in total. The third kappa shape index (κ3) is 5.27. The number of ether oxygens (including phenoxy) is 1. The lowest BCUT2D eigenvalue weighted by molar-refractivity contribution is 0.305. The van der Waals surface area contributed by atoms with E-state index in [2.05, 4.69) is 22.0 Å². The molecule has 6 nitrogen and oxygen atoms in total. The van der Waals surface area contributed by atoms with Crippen LogP contribution in [0.15, 0.2) is 71.5 Å².